The van der Waals surface area contributed by atoms with Crippen molar-refractivity contribution in [2.45, 2.75) is 39.9 Å². The lowest BCUT2D eigenvalue weighted by atomic mass is 10.2. The van der Waals surface area contributed by atoms with Crippen LogP contribution in [0.1, 0.15) is 30.0 Å². The van der Waals surface area contributed by atoms with Crippen LogP contribution in [0.2, 0.25) is 0 Å². The second-order valence-corrected chi connectivity index (χ2v) is 6.20. The summed E-state index contributed by atoms with van der Waals surface area (Å²) in [5, 5.41) is 3.46. The smallest absolute Gasteiger partial charge is 0.0798 e. The van der Waals surface area contributed by atoms with Gasteiger partial charge < -0.3 is 10.2 Å². The Morgan fingerprint density at radius 3 is 2.85 bits per heavy atom. The molecule has 0 aliphatic heterocycles. The van der Waals surface area contributed by atoms with Crippen molar-refractivity contribution >= 4 is 17.0 Å². The number of rotatable bonds is 6. The zero-order valence-electron chi connectivity index (χ0n) is 12.6. The first-order valence-electron chi connectivity index (χ1n) is 6.84. The minimum absolute atomic E-state index is 0.477. The highest BCUT2D eigenvalue weighted by Crippen LogP contribution is 2.22. The van der Waals surface area contributed by atoms with Crippen LogP contribution in [0.15, 0.2) is 24.0 Å². The Hall–Kier alpha value is -1.46. The molecular weight excluding hydrogens is 268 g/mol. The molecule has 0 bridgehead atoms. The second-order valence-electron chi connectivity index (χ2n) is 5.26. The van der Waals surface area contributed by atoms with Crippen LogP contribution in [-0.2, 0) is 13.1 Å². The summed E-state index contributed by atoms with van der Waals surface area (Å²) in [6.07, 6.45) is 3.79. The third kappa shape index (κ3) is 3.77. The quantitative estimate of drug-likeness (QED) is 0.888. The maximum atomic E-state index is 4.31. The minimum Gasteiger partial charge on any atom is -0.368 e. The van der Waals surface area contributed by atoms with Crippen molar-refractivity contribution in [1.29, 1.82) is 0 Å². The normalized spacial score (nSPS) is 11.1. The van der Waals surface area contributed by atoms with Crippen molar-refractivity contribution in [3.63, 3.8) is 0 Å². The summed E-state index contributed by atoms with van der Waals surface area (Å²) < 4.78 is 0. The molecule has 0 spiro atoms. The molecule has 0 radical (unpaired) electrons. The van der Waals surface area contributed by atoms with Crippen molar-refractivity contribution in [1.82, 2.24) is 15.3 Å². The van der Waals surface area contributed by atoms with E-state index in [1.807, 2.05) is 17.9 Å². The first kappa shape index (κ1) is 14.9. The topological polar surface area (TPSA) is 41.1 Å². The van der Waals surface area contributed by atoms with Gasteiger partial charge >= 0.3 is 0 Å². The van der Waals surface area contributed by atoms with Gasteiger partial charge in [-0.05, 0) is 18.6 Å². The zero-order valence-corrected chi connectivity index (χ0v) is 13.4. The van der Waals surface area contributed by atoms with E-state index in [1.54, 1.807) is 11.3 Å². The number of pyridine rings is 1. The zero-order chi connectivity index (χ0) is 14.5. The van der Waals surface area contributed by atoms with Crippen molar-refractivity contribution in [3.05, 3.63) is 40.1 Å². The summed E-state index contributed by atoms with van der Waals surface area (Å²) in [5.41, 5.74) is 5.47. The van der Waals surface area contributed by atoms with E-state index in [2.05, 4.69) is 54.1 Å². The van der Waals surface area contributed by atoms with Gasteiger partial charge in [-0.3, -0.25) is 4.98 Å². The van der Waals surface area contributed by atoms with Crippen LogP contribution in [0.3, 0.4) is 0 Å². The number of aryl methyl sites for hydroxylation is 1. The summed E-state index contributed by atoms with van der Waals surface area (Å²) >= 11 is 1.71. The van der Waals surface area contributed by atoms with Gasteiger partial charge in [0, 0.05) is 30.7 Å². The molecule has 2 heterocycles. The molecule has 0 saturated heterocycles. The van der Waals surface area contributed by atoms with Crippen LogP contribution < -0.4 is 10.2 Å². The monoisotopic (exact) mass is 290 g/mol. The largest absolute Gasteiger partial charge is 0.368 e. The van der Waals surface area contributed by atoms with Gasteiger partial charge in [-0.15, -0.1) is 11.3 Å². The number of thiazole rings is 1. The van der Waals surface area contributed by atoms with Crippen LogP contribution in [0.25, 0.3) is 0 Å². The van der Waals surface area contributed by atoms with E-state index in [0.29, 0.717) is 6.04 Å². The number of aromatic nitrogens is 2. The number of hydrogen-bond acceptors (Lipinski definition) is 5. The summed E-state index contributed by atoms with van der Waals surface area (Å²) in [5.74, 6) is 0. The van der Waals surface area contributed by atoms with E-state index in [9.17, 15) is 0 Å². The van der Waals surface area contributed by atoms with Gasteiger partial charge in [-0.25, -0.2) is 4.98 Å². The van der Waals surface area contributed by atoms with E-state index >= 15 is 0 Å². The van der Waals surface area contributed by atoms with Gasteiger partial charge in [0.15, 0.2) is 0 Å². The average molecular weight is 290 g/mol. The Morgan fingerprint density at radius 1 is 1.40 bits per heavy atom. The molecule has 4 nitrogen and oxygen atoms in total. The second kappa shape index (κ2) is 6.81. The van der Waals surface area contributed by atoms with Crippen molar-refractivity contribution in [2.24, 2.45) is 0 Å². The van der Waals surface area contributed by atoms with Crippen molar-refractivity contribution < 1.29 is 0 Å². The minimum atomic E-state index is 0.477. The van der Waals surface area contributed by atoms with E-state index in [4.69, 9.17) is 0 Å². The number of hydrogen-bond donors (Lipinski definition) is 1. The first-order valence-corrected chi connectivity index (χ1v) is 7.72. The lowest BCUT2D eigenvalue weighted by Crippen LogP contribution is -2.24. The first-order chi connectivity index (χ1) is 9.58. The maximum Gasteiger partial charge on any atom is 0.0798 e. The highest BCUT2D eigenvalue weighted by molar-refractivity contribution is 7.09. The fraction of sp³-hybridized carbons (Fsp3) is 0.467. The molecule has 0 aliphatic rings. The third-order valence-corrected chi connectivity index (χ3v) is 4.15. The van der Waals surface area contributed by atoms with Gasteiger partial charge in [-0.2, -0.15) is 0 Å². The fourth-order valence-electron chi connectivity index (χ4n) is 2.00. The van der Waals surface area contributed by atoms with Crippen LogP contribution in [0, 0.1) is 6.92 Å². The molecule has 0 atom stereocenters. The maximum absolute atomic E-state index is 4.31. The van der Waals surface area contributed by atoms with Crippen LogP contribution in [-0.4, -0.2) is 23.1 Å². The van der Waals surface area contributed by atoms with Gasteiger partial charge in [0.1, 0.15) is 0 Å². The van der Waals surface area contributed by atoms with Crippen molar-refractivity contribution in [3.8, 4) is 0 Å². The van der Waals surface area contributed by atoms with Gasteiger partial charge in [0.25, 0.3) is 0 Å². The van der Waals surface area contributed by atoms with E-state index < -0.39 is 0 Å². The van der Waals surface area contributed by atoms with Crippen LogP contribution in [0.4, 0.5) is 5.69 Å². The average Bonchev–Trinajstić information content (AvgIpc) is 2.82. The van der Waals surface area contributed by atoms with Crippen LogP contribution >= 0.6 is 11.3 Å². The molecule has 0 saturated carbocycles. The Kier molecular flexibility index (Phi) is 5.09. The highest BCUT2D eigenvalue weighted by Gasteiger charge is 2.11. The summed E-state index contributed by atoms with van der Waals surface area (Å²) in [4.78, 5) is 12.1. The fourth-order valence-corrected chi connectivity index (χ4v) is 2.83. The van der Waals surface area contributed by atoms with E-state index in [-0.39, 0.29) is 0 Å². The molecule has 108 valence electrons. The number of nitrogens with one attached hydrogen (secondary N) is 1. The molecular formula is C15H22N4S. The third-order valence-electron chi connectivity index (χ3n) is 3.23. The molecule has 0 amide bonds. The van der Waals surface area contributed by atoms with Crippen LogP contribution in [0.5, 0.6) is 0 Å². The SMILES string of the molecule is Cc1ncsc1CN(C)c1cnccc1CNC(C)C. The van der Waals surface area contributed by atoms with Gasteiger partial charge in [0.05, 0.1) is 29.6 Å². The Balaban J connectivity index is 2.12. The lowest BCUT2D eigenvalue weighted by Gasteiger charge is -2.22. The summed E-state index contributed by atoms with van der Waals surface area (Å²) in [6, 6.07) is 2.56. The molecule has 0 unspecified atom stereocenters. The molecule has 0 aliphatic carbocycles. The highest BCUT2D eigenvalue weighted by atomic mass is 32.1. The lowest BCUT2D eigenvalue weighted by molar-refractivity contribution is 0.588. The van der Waals surface area contributed by atoms with Gasteiger partial charge in [0.2, 0.25) is 0 Å². The Morgan fingerprint density at radius 2 is 2.20 bits per heavy atom. The summed E-state index contributed by atoms with van der Waals surface area (Å²) in [7, 11) is 2.11. The Bertz CT molecular complexity index is 550. The number of anilines is 1. The number of nitrogens with zero attached hydrogens (tertiary/aromatic N) is 3. The molecule has 1 N–H and O–H groups in total. The molecule has 5 heteroatoms. The van der Waals surface area contributed by atoms with E-state index in [0.717, 1.165) is 18.8 Å². The standard InChI is InChI=1S/C15H22N4S/c1-11(2)17-7-13-5-6-16-8-14(13)19(4)9-15-12(3)18-10-20-15/h5-6,8,10-11,17H,7,9H2,1-4H3. The Labute approximate surface area is 124 Å². The predicted octanol–water partition coefficient (Wildman–Crippen LogP) is 2.98. The molecule has 2 rings (SSSR count). The van der Waals surface area contributed by atoms with Gasteiger partial charge in [-0.1, -0.05) is 13.8 Å². The molecule has 0 aromatic carbocycles. The van der Waals surface area contributed by atoms with Crippen molar-refractivity contribution in [2.75, 3.05) is 11.9 Å². The molecule has 20 heavy (non-hydrogen) atoms. The molecule has 2 aromatic rings. The predicted molar refractivity (Wildman–Crippen MR) is 85.2 cm³/mol. The summed E-state index contributed by atoms with van der Waals surface area (Å²) in [6.45, 7) is 8.11. The van der Waals surface area contributed by atoms with E-state index in [1.165, 1.54) is 16.1 Å². The molecule has 0 fully saturated rings. The molecule has 2 aromatic heterocycles.